The van der Waals surface area contributed by atoms with Gasteiger partial charge in [0.25, 0.3) is 5.91 Å². The van der Waals surface area contributed by atoms with Gasteiger partial charge in [-0.15, -0.1) is 0 Å². The highest BCUT2D eigenvalue weighted by molar-refractivity contribution is 5.94. The number of aryl methyl sites for hydroxylation is 1. The van der Waals surface area contributed by atoms with Crippen LogP contribution in [-0.2, 0) is 0 Å². The van der Waals surface area contributed by atoms with E-state index in [0.29, 0.717) is 18.7 Å². The molecule has 3 nitrogen and oxygen atoms in total. The van der Waals surface area contributed by atoms with Crippen molar-refractivity contribution >= 4 is 5.91 Å². The average Bonchev–Trinajstić information content (AvgIpc) is 2.62. The maximum atomic E-state index is 13.2. The molecule has 1 aliphatic rings. The highest BCUT2D eigenvalue weighted by Gasteiger charge is 2.24. The lowest BCUT2D eigenvalue weighted by molar-refractivity contribution is 0.0790. The zero-order valence-electron chi connectivity index (χ0n) is 9.24. The van der Waals surface area contributed by atoms with Crippen molar-refractivity contribution in [3.63, 3.8) is 0 Å². The summed E-state index contributed by atoms with van der Waals surface area (Å²) in [6.45, 7) is 3.00. The van der Waals surface area contributed by atoms with Crippen molar-refractivity contribution in [1.29, 1.82) is 0 Å². The predicted molar refractivity (Wildman–Crippen MR) is 59.6 cm³/mol. The van der Waals surface area contributed by atoms with Crippen LogP contribution in [0, 0.1) is 12.7 Å². The first kappa shape index (κ1) is 11.1. The van der Waals surface area contributed by atoms with Crippen molar-refractivity contribution in [3.8, 4) is 0 Å². The second-order valence-corrected chi connectivity index (χ2v) is 4.32. The molecule has 1 fully saturated rings. The molecule has 2 N–H and O–H groups in total. The zero-order valence-corrected chi connectivity index (χ0v) is 9.24. The Bertz CT molecular complexity index is 399. The summed E-state index contributed by atoms with van der Waals surface area (Å²) in [6, 6.07) is 4.44. The van der Waals surface area contributed by atoms with Gasteiger partial charge >= 0.3 is 0 Å². The number of carbonyl (C=O) groups is 1. The number of halogens is 1. The standard InChI is InChI=1S/C12H15FN2O/c1-8-4-9(6-10(13)5-8)12(16)15-3-2-11(14)7-15/h4-6,11H,2-3,7,14H2,1H3/t11-/m0/s1. The molecule has 2 rings (SSSR count). The first-order chi connectivity index (χ1) is 7.56. The van der Waals surface area contributed by atoms with Gasteiger partial charge in [-0.25, -0.2) is 4.39 Å². The summed E-state index contributed by atoms with van der Waals surface area (Å²) >= 11 is 0. The topological polar surface area (TPSA) is 46.3 Å². The Morgan fingerprint density at radius 1 is 1.50 bits per heavy atom. The lowest BCUT2D eigenvalue weighted by atomic mass is 10.1. The van der Waals surface area contributed by atoms with Crippen LogP contribution in [0.5, 0.6) is 0 Å². The van der Waals surface area contributed by atoms with Crippen LogP contribution < -0.4 is 5.73 Å². The van der Waals surface area contributed by atoms with Crippen LogP contribution in [0.15, 0.2) is 18.2 Å². The van der Waals surface area contributed by atoms with Gasteiger partial charge in [-0.1, -0.05) is 0 Å². The normalized spacial score (nSPS) is 20.2. The molecular formula is C12H15FN2O. The number of nitrogens with two attached hydrogens (primary N) is 1. The van der Waals surface area contributed by atoms with Gasteiger partial charge in [0.05, 0.1) is 0 Å². The van der Waals surface area contributed by atoms with E-state index in [2.05, 4.69) is 0 Å². The maximum Gasteiger partial charge on any atom is 0.254 e. The van der Waals surface area contributed by atoms with Crippen molar-refractivity contribution < 1.29 is 9.18 Å². The molecule has 86 valence electrons. The molecule has 0 radical (unpaired) electrons. The van der Waals surface area contributed by atoms with Crippen LogP contribution in [0.3, 0.4) is 0 Å². The Balaban J connectivity index is 2.20. The average molecular weight is 222 g/mol. The van der Waals surface area contributed by atoms with Crippen molar-refractivity contribution in [2.45, 2.75) is 19.4 Å². The van der Waals surface area contributed by atoms with E-state index in [1.807, 2.05) is 0 Å². The van der Waals surface area contributed by atoms with Gasteiger partial charge in [-0.05, 0) is 37.1 Å². The molecule has 1 saturated heterocycles. The Labute approximate surface area is 94.0 Å². The van der Waals surface area contributed by atoms with E-state index < -0.39 is 0 Å². The fourth-order valence-corrected chi connectivity index (χ4v) is 2.01. The van der Waals surface area contributed by atoms with Crippen LogP contribution in [0.25, 0.3) is 0 Å². The fraction of sp³-hybridized carbons (Fsp3) is 0.417. The summed E-state index contributed by atoms with van der Waals surface area (Å²) in [5.74, 6) is -0.498. The second kappa shape index (κ2) is 4.22. The molecule has 0 bridgehead atoms. The Morgan fingerprint density at radius 3 is 2.81 bits per heavy atom. The van der Waals surface area contributed by atoms with Crippen LogP contribution in [0.2, 0.25) is 0 Å². The molecule has 0 unspecified atom stereocenters. The van der Waals surface area contributed by atoms with Crippen LogP contribution in [0.4, 0.5) is 4.39 Å². The highest BCUT2D eigenvalue weighted by Crippen LogP contribution is 2.15. The number of rotatable bonds is 1. The minimum atomic E-state index is -0.369. The van der Waals surface area contributed by atoms with E-state index in [1.165, 1.54) is 12.1 Å². The van der Waals surface area contributed by atoms with Crippen molar-refractivity contribution in [1.82, 2.24) is 4.90 Å². The van der Waals surface area contributed by atoms with Crippen molar-refractivity contribution in [2.75, 3.05) is 13.1 Å². The third-order valence-corrected chi connectivity index (χ3v) is 2.80. The molecule has 1 heterocycles. The van der Waals surface area contributed by atoms with Crippen LogP contribution >= 0.6 is 0 Å². The summed E-state index contributed by atoms with van der Waals surface area (Å²) in [5, 5.41) is 0. The fourth-order valence-electron chi connectivity index (χ4n) is 2.01. The van der Waals surface area contributed by atoms with Crippen LogP contribution in [0.1, 0.15) is 22.3 Å². The smallest absolute Gasteiger partial charge is 0.254 e. The van der Waals surface area contributed by atoms with Crippen molar-refractivity contribution in [3.05, 3.63) is 35.1 Å². The van der Waals surface area contributed by atoms with E-state index in [9.17, 15) is 9.18 Å². The summed E-state index contributed by atoms with van der Waals surface area (Å²) in [6.07, 6.45) is 0.819. The van der Waals surface area contributed by atoms with Gasteiger partial charge in [0.2, 0.25) is 0 Å². The minimum Gasteiger partial charge on any atom is -0.337 e. The first-order valence-electron chi connectivity index (χ1n) is 5.38. The lowest BCUT2D eigenvalue weighted by Gasteiger charge is -2.16. The number of hydrogen-bond donors (Lipinski definition) is 1. The van der Waals surface area contributed by atoms with E-state index in [4.69, 9.17) is 5.73 Å². The zero-order chi connectivity index (χ0) is 11.7. The molecule has 1 aliphatic heterocycles. The van der Waals surface area contributed by atoms with E-state index in [1.54, 1.807) is 17.9 Å². The quantitative estimate of drug-likeness (QED) is 0.778. The molecule has 1 amide bonds. The summed E-state index contributed by atoms with van der Waals surface area (Å²) in [5.41, 5.74) is 6.90. The summed E-state index contributed by atoms with van der Waals surface area (Å²) in [7, 11) is 0. The summed E-state index contributed by atoms with van der Waals surface area (Å²) in [4.78, 5) is 13.7. The SMILES string of the molecule is Cc1cc(F)cc(C(=O)N2CC[C@H](N)C2)c1. The van der Waals surface area contributed by atoms with E-state index in [-0.39, 0.29) is 17.8 Å². The molecule has 0 saturated carbocycles. The molecule has 1 aromatic carbocycles. The molecule has 0 aromatic heterocycles. The number of benzene rings is 1. The Kier molecular flexibility index (Phi) is 2.92. The molecule has 0 aliphatic carbocycles. The van der Waals surface area contributed by atoms with E-state index >= 15 is 0 Å². The van der Waals surface area contributed by atoms with Crippen LogP contribution in [-0.4, -0.2) is 29.9 Å². The second-order valence-electron chi connectivity index (χ2n) is 4.32. The van der Waals surface area contributed by atoms with Gasteiger partial charge in [-0.3, -0.25) is 4.79 Å². The van der Waals surface area contributed by atoms with Gasteiger partial charge in [0.15, 0.2) is 0 Å². The molecule has 1 atom stereocenters. The largest absolute Gasteiger partial charge is 0.337 e. The number of carbonyl (C=O) groups excluding carboxylic acids is 1. The summed E-state index contributed by atoms with van der Waals surface area (Å²) < 4.78 is 13.2. The first-order valence-corrected chi connectivity index (χ1v) is 5.38. The minimum absolute atomic E-state index is 0.0543. The third-order valence-electron chi connectivity index (χ3n) is 2.80. The molecule has 4 heteroatoms. The monoisotopic (exact) mass is 222 g/mol. The lowest BCUT2D eigenvalue weighted by Crippen LogP contribution is -2.31. The number of hydrogen-bond acceptors (Lipinski definition) is 2. The van der Waals surface area contributed by atoms with Gasteiger partial charge < -0.3 is 10.6 Å². The third kappa shape index (κ3) is 2.22. The Morgan fingerprint density at radius 2 is 2.25 bits per heavy atom. The molecule has 0 spiro atoms. The number of nitrogens with zero attached hydrogens (tertiary/aromatic N) is 1. The number of likely N-dealkylation sites (tertiary alicyclic amines) is 1. The highest BCUT2D eigenvalue weighted by atomic mass is 19.1. The van der Waals surface area contributed by atoms with Crippen molar-refractivity contribution in [2.24, 2.45) is 5.73 Å². The molecule has 16 heavy (non-hydrogen) atoms. The van der Waals surface area contributed by atoms with E-state index in [0.717, 1.165) is 12.0 Å². The Hall–Kier alpha value is -1.42. The van der Waals surface area contributed by atoms with Gasteiger partial charge in [0.1, 0.15) is 5.82 Å². The molecular weight excluding hydrogens is 207 g/mol. The van der Waals surface area contributed by atoms with Gasteiger partial charge in [-0.2, -0.15) is 0 Å². The molecule has 1 aromatic rings. The van der Waals surface area contributed by atoms with Gasteiger partial charge in [0, 0.05) is 24.7 Å². The predicted octanol–water partition coefficient (Wildman–Crippen LogP) is 1.31. The maximum absolute atomic E-state index is 13.2. The number of amides is 1.